The lowest BCUT2D eigenvalue weighted by molar-refractivity contribution is 0.667. The molecule has 112 valence electrons. The van der Waals surface area contributed by atoms with Crippen LogP contribution in [0.4, 0.5) is 0 Å². The Morgan fingerprint density at radius 3 is 2.50 bits per heavy atom. The van der Waals surface area contributed by atoms with Gasteiger partial charge in [-0.3, -0.25) is 0 Å². The molecule has 0 saturated carbocycles. The van der Waals surface area contributed by atoms with Gasteiger partial charge in [-0.25, -0.2) is 4.98 Å². The van der Waals surface area contributed by atoms with Crippen molar-refractivity contribution in [3.63, 3.8) is 0 Å². The Balaban J connectivity index is 1.66. The summed E-state index contributed by atoms with van der Waals surface area (Å²) in [6, 6.07) is 18.9. The minimum absolute atomic E-state index is 0.816. The number of benzene rings is 1. The van der Waals surface area contributed by atoms with Crippen LogP contribution in [0.2, 0.25) is 0 Å². The molecule has 1 aromatic carbocycles. The third-order valence-corrected chi connectivity index (χ3v) is 3.71. The van der Waals surface area contributed by atoms with E-state index in [4.69, 9.17) is 0 Å². The zero-order chi connectivity index (χ0) is 15.4. The molecule has 0 spiro atoms. The molecule has 0 radical (unpaired) electrons. The predicted octanol–water partition coefficient (Wildman–Crippen LogP) is 3.78. The van der Waals surface area contributed by atoms with Crippen LogP contribution in [0.15, 0.2) is 60.8 Å². The largest absolute Gasteiger partial charge is 0.307 e. The Labute approximate surface area is 131 Å². The molecule has 0 atom stereocenters. The summed E-state index contributed by atoms with van der Waals surface area (Å²) in [5.41, 5.74) is 4.84. The standard InChI is InChI=1S/C19H21N3/c1-15-8-10-17(11-9-15)13-20-14-18-6-4-12-22(18)19-7-3-5-16(2)21-19/h3-12,20H,13-14H2,1-2H3. The Bertz CT molecular complexity index is 741. The zero-order valence-electron chi connectivity index (χ0n) is 13.1. The van der Waals surface area contributed by atoms with Crippen molar-refractivity contribution in [2.45, 2.75) is 26.9 Å². The van der Waals surface area contributed by atoms with Gasteiger partial charge in [-0.15, -0.1) is 0 Å². The van der Waals surface area contributed by atoms with Crippen molar-refractivity contribution < 1.29 is 0 Å². The second kappa shape index (κ2) is 6.58. The minimum Gasteiger partial charge on any atom is -0.307 e. The van der Waals surface area contributed by atoms with Gasteiger partial charge in [0.15, 0.2) is 0 Å². The number of rotatable bonds is 5. The maximum absolute atomic E-state index is 4.59. The quantitative estimate of drug-likeness (QED) is 0.775. The molecule has 0 bridgehead atoms. The maximum atomic E-state index is 4.59. The summed E-state index contributed by atoms with van der Waals surface area (Å²) in [5.74, 6) is 0.970. The van der Waals surface area contributed by atoms with Crippen molar-refractivity contribution >= 4 is 0 Å². The van der Waals surface area contributed by atoms with E-state index in [0.717, 1.165) is 24.6 Å². The average molecular weight is 291 g/mol. The molecule has 3 rings (SSSR count). The Morgan fingerprint density at radius 1 is 0.909 bits per heavy atom. The third kappa shape index (κ3) is 3.43. The van der Waals surface area contributed by atoms with Gasteiger partial charge in [-0.1, -0.05) is 35.9 Å². The molecular formula is C19H21N3. The summed E-state index contributed by atoms with van der Waals surface area (Å²) in [5, 5.41) is 3.50. The Morgan fingerprint density at radius 2 is 1.73 bits per heavy atom. The summed E-state index contributed by atoms with van der Waals surface area (Å²) in [4.78, 5) is 4.59. The van der Waals surface area contributed by atoms with Crippen LogP contribution >= 0.6 is 0 Å². The number of nitrogens with one attached hydrogen (secondary N) is 1. The number of nitrogens with zero attached hydrogens (tertiary/aromatic N) is 2. The highest BCUT2D eigenvalue weighted by molar-refractivity contribution is 5.29. The highest BCUT2D eigenvalue weighted by atomic mass is 15.1. The van der Waals surface area contributed by atoms with Crippen LogP contribution in [0.3, 0.4) is 0 Å². The zero-order valence-corrected chi connectivity index (χ0v) is 13.1. The van der Waals surface area contributed by atoms with Crippen molar-refractivity contribution in [3.8, 4) is 5.82 Å². The van der Waals surface area contributed by atoms with Crippen LogP contribution in [0.5, 0.6) is 0 Å². The lowest BCUT2D eigenvalue weighted by Crippen LogP contribution is -2.15. The molecule has 3 aromatic rings. The molecule has 0 aliphatic rings. The van der Waals surface area contributed by atoms with Crippen molar-refractivity contribution in [3.05, 3.63) is 83.3 Å². The van der Waals surface area contributed by atoms with E-state index >= 15 is 0 Å². The summed E-state index contributed by atoms with van der Waals surface area (Å²) in [6.07, 6.45) is 2.06. The fourth-order valence-corrected chi connectivity index (χ4v) is 2.49. The van der Waals surface area contributed by atoms with E-state index in [2.05, 4.69) is 64.4 Å². The van der Waals surface area contributed by atoms with Gasteiger partial charge >= 0.3 is 0 Å². The van der Waals surface area contributed by atoms with Crippen molar-refractivity contribution in [2.75, 3.05) is 0 Å². The van der Waals surface area contributed by atoms with E-state index < -0.39 is 0 Å². The molecule has 0 fully saturated rings. The fraction of sp³-hybridized carbons (Fsp3) is 0.211. The highest BCUT2D eigenvalue weighted by Crippen LogP contribution is 2.11. The van der Waals surface area contributed by atoms with Crippen LogP contribution in [-0.2, 0) is 13.1 Å². The molecule has 3 heteroatoms. The summed E-state index contributed by atoms with van der Waals surface area (Å²) in [6.45, 7) is 5.81. The summed E-state index contributed by atoms with van der Waals surface area (Å²) >= 11 is 0. The molecule has 22 heavy (non-hydrogen) atoms. The van der Waals surface area contributed by atoms with Gasteiger partial charge in [-0.2, -0.15) is 0 Å². The van der Waals surface area contributed by atoms with E-state index in [0.29, 0.717) is 0 Å². The molecule has 2 aromatic heterocycles. The van der Waals surface area contributed by atoms with Gasteiger partial charge < -0.3 is 9.88 Å². The van der Waals surface area contributed by atoms with Crippen molar-refractivity contribution in [2.24, 2.45) is 0 Å². The summed E-state index contributed by atoms with van der Waals surface area (Å²) in [7, 11) is 0. The van der Waals surface area contributed by atoms with Gasteiger partial charge in [0.05, 0.1) is 0 Å². The molecule has 0 unspecified atom stereocenters. The molecular weight excluding hydrogens is 270 g/mol. The molecule has 1 N–H and O–H groups in total. The minimum atomic E-state index is 0.816. The average Bonchev–Trinajstić information content (AvgIpc) is 2.98. The highest BCUT2D eigenvalue weighted by Gasteiger charge is 2.04. The maximum Gasteiger partial charge on any atom is 0.137 e. The van der Waals surface area contributed by atoms with Gasteiger partial charge in [0, 0.05) is 30.7 Å². The lowest BCUT2D eigenvalue weighted by atomic mass is 10.1. The van der Waals surface area contributed by atoms with Crippen LogP contribution in [0.1, 0.15) is 22.5 Å². The van der Waals surface area contributed by atoms with Gasteiger partial charge in [-0.05, 0) is 43.7 Å². The second-order valence-electron chi connectivity index (χ2n) is 5.60. The molecule has 0 aliphatic heterocycles. The summed E-state index contributed by atoms with van der Waals surface area (Å²) < 4.78 is 2.13. The van der Waals surface area contributed by atoms with Gasteiger partial charge in [0.2, 0.25) is 0 Å². The van der Waals surface area contributed by atoms with Crippen LogP contribution in [-0.4, -0.2) is 9.55 Å². The number of aromatic nitrogens is 2. The Hall–Kier alpha value is -2.39. The molecule has 0 saturated heterocycles. The van der Waals surface area contributed by atoms with Crippen molar-refractivity contribution in [1.29, 1.82) is 0 Å². The first kappa shape index (κ1) is 14.5. The van der Waals surface area contributed by atoms with Crippen LogP contribution in [0.25, 0.3) is 5.82 Å². The third-order valence-electron chi connectivity index (χ3n) is 3.71. The number of hydrogen-bond acceptors (Lipinski definition) is 2. The van der Waals surface area contributed by atoms with E-state index in [1.807, 2.05) is 25.1 Å². The van der Waals surface area contributed by atoms with Crippen molar-refractivity contribution in [1.82, 2.24) is 14.9 Å². The fourth-order valence-electron chi connectivity index (χ4n) is 2.49. The molecule has 2 heterocycles. The van der Waals surface area contributed by atoms with Gasteiger partial charge in [0.25, 0.3) is 0 Å². The first-order valence-corrected chi connectivity index (χ1v) is 7.59. The van der Waals surface area contributed by atoms with E-state index in [9.17, 15) is 0 Å². The van der Waals surface area contributed by atoms with E-state index in [1.54, 1.807) is 0 Å². The van der Waals surface area contributed by atoms with Gasteiger partial charge in [0.1, 0.15) is 5.82 Å². The lowest BCUT2D eigenvalue weighted by Gasteiger charge is -2.10. The predicted molar refractivity (Wildman–Crippen MR) is 90.0 cm³/mol. The first-order valence-electron chi connectivity index (χ1n) is 7.59. The first-order chi connectivity index (χ1) is 10.7. The second-order valence-corrected chi connectivity index (χ2v) is 5.60. The topological polar surface area (TPSA) is 29.9 Å². The van der Waals surface area contributed by atoms with E-state index in [-0.39, 0.29) is 0 Å². The SMILES string of the molecule is Cc1ccc(CNCc2cccn2-c2cccc(C)n2)cc1. The normalized spacial score (nSPS) is 10.8. The van der Waals surface area contributed by atoms with Crippen LogP contribution in [0, 0.1) is 13.8 Å². The Kier molecular flexibility index (Phi) is 4.35. The molecule has 0 amide bonds. The number of pyridine rings is 1. The smallest absolute Gasteiger partial charge is 0.137 e. The molecule has 3 nitrogen and oxygen atoms in total. The number of hydrogen-bond donors (Lipinski definition) is 1. The monoisotopic (exact) mass is 291 g/mol. The van der Waals surface area contributed by atoms with Crippen LogP contribution < -0.4 is 5.32 Å². The number of aryl methyl sites for hydroxylation is 2. The van der Waals surface area contributed by atoms with E-state index in [1.165, 1.54) is 16.8 Å². The molecule has 0 aliphatic carbocycles.